The van der Waals surface area contributed by atoms with Crippen LogP contribution in [0.15, 0.2) is 71.1 Å². The molecule has 0 fully saturated rings. The van der Waals surface area contributed by atoms with Gasteiger partial charge in [0.1, 0.15) is 11.3 Å². The van der Waals surface area contributed by atoms with Crippen LogP contribution in [0.4, 0.5) is 5.69 Å². The van der Waals surface area contributed by atoms with Gasteiger partial charge in [0.25, 0.3) is 0 Å². The molecular weight excluding hydrogens is 352 g/mol. The van der Waals surface area contributed by atoms with Gasteiger partial charge in [0.05, 0.1) is 13.5 Å². The van der Waals surface area contributed by atoms with Gasteiger partial charge < -0.3 is 14.5 Å². The smallest absolute Gasteiger partial charge is 0.228 e. The van der Waals surface area contributed by atoms with E-state index in [9.17, 15) is 4.79 Å². The summed E-state index contributed by atoms with van der Waals surface area (Å²) in [4.78, 5) is 16.8. The molecule has 0 aliphatic carbocycles. The van der Waals surface area contributed by atoms with Crippen LogP contribution in [0.5, 0.6) is 5.75 Å². The third-order valence-corrected chi connectivity index (χ3v) is 4.53. The van der Waals surface area contributed by atoms with Crippen LogP contribution >= 0.6 is 0 Å². The van der Waals surface area contributed by atoms with E-state index in [2.05, 4.69) is 10.3 Å². The molecule has 3 aromatic carbocycles. The number of nitrogens with zero attached hydrogens (tertiary/aromatic N) is 1. The lowest BCUT2D eigenvalue weighted by molar-refractivity contribution is -0.115. The third-order valence-electron chi connectivity index (χ3n) is 4.53. The molecule has 0 saturated carbocycles. The normalized spacial score (nSPS) is 10.8. The van der Waals surface area contributed by atoms with E-state index < -0.39 is 0 Å². The number of amides is 1. The second-order valence-electron chi connectivity index (χ2n) is 6.59. The minimum Gasteiger partial charge on any atom is -0.496 e. The molecule has 0 aliphatic rings. The molecule has 0 aliphatic heterocycles. The maximum atomic E-state index is 12.3. The zero-order valence-electron chi connectivity index (χ0n) is 15.7. The van der Waals surface area contributed by atoms with E-state index in [1.807, 2.05) is 73.7 Å². The van der Waals surface area contributed by atoms with E-state index in [4.69, 9.17) is 9.15 Å². The highest BCUT2D eigenvalue weighted by Gasteiger charge is 2.09. The van der Waals surface area contributed by atoms with Crippen molar-refractivity contribution < 1.29 is 13.9 Å². The van der Waals surface area contributed by atoms with Gasteiger partial charge in [0, 0.05) is 11.3 Å². The minimum atomic E-state index is -0.0702. The van der Waals surface area contributed by atoms with Crippen molar-refractivity contribution in [3.05, 3.63) is 77.9 Å². The number of para-hydroxylation sites is 2. The number of carbonyl (C=O) groups excluding carboxylic acids is 1. The fourth-order valence-electron chi connectivity index (χ4n) is 3.13. The van der Waals surface area contributed by atoms with Gasteiger partial charge >= 0.3 is 0 Å². The van der Waals surface area contributed by atoms with Gasteiger partial charge in [-0.05, 0) is 60.5 Å². The van der Waals surface area contributed by atoms with Crippen molar-refractivity contribution in [2.45, 2.75) is 13.3 Å². The number of benzene rings is 3. The van der Waals surface area contributed by atoms with Crippen LogP contribution in [0.1, 0.15) is 11.1 Å². The summed E-state index contributed by atoms with van der Waals surface area (Å²) in [6, 6.07) is 20.9. The third kappa shape index (κ3) is 3.74. The number of fused-ring (bicyclic) bond motifs is 1. The molecule has 4 rings (SSSR count). The quantitative estimate of drug-likeness (QED) is 0.536. The average Bonchev–Trinajstić information content (AvgIpc) is 3.13. The number of hydrogen-bond acceptors (Lipinski definition) is 4. The predicted molar refractivity (Wildman–Crippen MR) is 110 cm³/mol. The Balaban J connectivity index is 1.44. The lowest BCUT2D eigenvalue weighted by Crippen LogP contribution is -2.14. The number of aromatic nitrogens is 1. The fourth-order valence-corrected chi connectivity index (χ4v) is 3.13. The summed E-state index contributed by atoms with van der Waals surface area (Å²) in [5.74, 6) is 1.31. The zero-order valence-corrected chi connectivity index (χ0v) is 15.7. The molecule has 1 heterocycles. The minimum absolute atomic E-state index is 0.0702. The van der Waals surface area contributed by atoms with Crippen molar-refractivity contribution in [1.82, 2.24) is 4.98 Å². The van der Waals surface area contributed by atoms with Crippen molar-refractivity contribution in [3.63, 3.8) is 0 Å². The standard InChI is InChI=1S/C23H20N2O3/c1-15-13-16(7-12-20(15)27-2)14-22(26)24-18-10-8-17(9-11-18)23-25-19-5-3-4-6-21(19)28-23/h3-13H,14H2,1-2H3,(H,24,26). The second-order valence-corrected chi connectivity index (χ2v) is 6.59. The molecule has 4 aromatic rings. The topological polar surface area (TPSA) is 64.4 Å². The van der Waals surface area contributed by atoms with Gasteiger partial charge in [-0.25, -0.2) is 4.98 Å². The average molecular weight is 372 g/mol. The van der Waals surface area contributed by atoms with E-state index in [-0.39, 0.29) is 5.91 Å². The molecule has 0 radical (unpaired) electrons. The van der Waals surface area contributed by atoms with Gasteiger partial charge in [-0.3, -0.25) is 4.79 Å². The highest BCUT2D eigenvalue weighted by atomic mass is 16.5. The lowest BCUT2D eigenvalue weighted by Gasteiger charge is -2.08. The van der Waals surface area contributed by atoms with E-state index in [1.165, 1.54) is 0 Å². The number of aryl methyl sites for hydroxylation is 1. The summed E-state index contributed by atoms with van der Waals surface area (Å²) in [6.07, 6.45) is 0.303. The molecule has 140 valence electrons. The van der Waals surface area contributed by atoms with Crippen LogP contribution in [0.3, 0.4) is 0 Å². The fraction of sp³-hybridized carbons (Fsp3) is 0.130. The maximum Gasteiger partial charge on any atom is 0.228 e. The van der Waals surface area contributed by atoms with E-state index in [1.54, 1.807) is 7.11 Å². The van der Waals surface area contributed by atoms with E-state index in [0.717, 1.165) is 39.2 Å². The molecule has 0 spiro atoms. The summed E-state index contributed by atoms with van der Waals surface area (Å²) in [5.41, 5.74) is 5.12. The Morgan fingerprint density at radius 2 is 1.86 bits per heavy atom. The first-order valence-corrected chi connectivity index (χ1v) is 9.02. The zero-order chi connectivity index (χ0) is 19.5. The number of anilines is 1. The Kier molecular flexibility index (Phi) is 4.81. The molecule has 5 heteroatoms. The largest absolute Gasteiger partial charge is 0.496 e. The Hall–Kier alpha value is -3.60. The molecule has 0 atom stereocenters. The Morgan fingerprint density at radius 1 is 1.07 bits per heavy atom. The Morgan fingerprint density at radius 3 is 2.57 bits per heavy atom. The first kappa shape index (κ1) is 17.8. The molecule has 5 nitrogen and oxygen atoms in total. The molecule has 1 aromatic heterocycles. The van der Waals surface area contributed by atoms with Crippen molar-refractivity contribution in [1.29, 1.82) is 0 Å². The van der Waals surface area contributed by atoms with E-state index >= 15 is 0 Å². The Bertz CT molecular complexity index is 1100. The van der Waals surface area contributed by atoms with Crippen LogP contribution < -0.4 is 10.1 Å². The number of methoxy groups -OCH3 is 1. The SMILES string of the molecule is COc1ccc(CC(=O)Nc2ccc(-c3nc4ccccc4o3)cc2)cc1C. The highest BCUT2D eigenvalue weighted by Crippen LogP contribution is 2.25. The lowest BCUT2D eigenvalue weighted by atomic mass is 10.1. The number of rotatable bonds is 5. The van der Waals surface area contributed by atoms with Gasteiger partial charge in [0.15, 0.2) is 5.58 Å². The first-order chi connectivity index (χ1) is 13.6. The summed E-state index contributed by atoms with van der Waals surface area (Å²) in [6.45, 7) is 1.96. The highest BCUT2D eigenvalue weighted by molar-refractivity contribution is 5.92. The number of nitrogens with one attached hydrogen (secondary N) is 1. The van der Waals surface area contributed by atoms with Crippen molar-refractivity contribution in [2.75, 3.05) is 12.4 Å². The summed E-state index contributed by atoms with van der Waals surface area (Å²) in [5, 5.41) is 2.92. The summed E-state index contributed by atoms with van der Waals surface area (Å²) in [7, 11) is 1.64. The maximum absolute atomic E-state index is 12.3. The molecule has 1 amide bonds. The van der Waals surface area contributed by atoms with Crippen LogP contribution in [-0.2, 0) is 11.2 Å². The van der Waals surface area contributed by atoms with Crippen molar-refractivity contribution >= 4 is 22.7 Å². The molecule has 1 N–H and O–H groups in total. The Labute approximate surface area is 163 Å². The molecular formula is C23H20N2O3. The van der Waals surface area contributed by atoms with Crippen LogP contribution in [0.2, 0.25) is 0 Å². The van der Waals surface area contributed by atoms with E-state index in [0.29, 0.717) is 12.3 Å². The number of ether oxygens (including phenoxy) is 1. The van der Waals surface area contributed by atoms with Crippen molar-refractivity contribution in [3.8, 4) is 17.2 Å². The second kappa shape index (κ2) is 7.56. The summed E-state index contributed by atoms with van der Waals surface area (Å²) < 4.78 is 11.0. The number of oxazole rings is 1. The summed E-state index contributed by atoms with van der Waals surface area (Å²) >= 11 is 0. The monoisotopic (exact) mass is 372 g/mol. The number of carbonyl (C=O) groups is 1. The molecule has 0 bridgehead atoms. The van der Waals surface area contributed by atoms with Gasteiger partial charge in [-0.15, -0.1) is 0 Å². The predicted octanol–water partition coefficient (Wildman–Crippen LogP) is 4.99. The van der Waals surface area contributed by atoms with Gasteiger partial charge in [-0.2, -0.15) is 0 Å². The number of hydrogen-bond donors (Lipinski definition) is 1. The van der Waals surface area contributed by atoms with Crippen LogP contribution in [0.25, 0.3) is 22.6 Å². The molecule has 0 saturated heterocycles. The molecule has 0 unspecified atom stereocenters. The molecule has 28 heavy (non-hydrogen) atoms. The van der Waals surface area contributed by atoms with Gasteiger partial charge in [-0.1, -0.05) is 24.3 Å². The first-order valence-electron chi connectivity index (χ1n) is 9.02. The van der Waals surface area contributed by atoms with Gasteiger partial charge in [0.2, 0.25) is 11.8 Å². The van der Waals surface area contributed by atoms with Crippen LogP contribution in [0, 0.1) is 6.92 Å². The van der Waals surface area contributed by atoms with Crippen LogP contribution in [-0.4, -0.2) is 18.0 Å². The van der Waals surface area contributed by atoms with Crippen molar-refractivity contribution in [2.24, 2.45) is 0 Å².